The summed E-state index contributed by atoms with van der Waals surface area (Å²) in [5, 5.41) is 5.98. The summed E-state index contributed by atoms with van der Waals surface area (Å²) in [6.45, 7) is 2.96. The van der Waals surface area contributed by atoms with Gasteiger partial charge in [0.05, 0.1) is 0 Å². The van der Waals surface area contributed by atoms with E-state index in [2.05, 4.69) is 29.7 Å². The summed E-state index contributed by atoms with van der Waals surface area (Å²) in [6, 6.07) is 11.9. The first-order chi connectivity index (χ1) is 9.22. The van der Waals surface area contributed by atoms with Crippen molar-refractivity contribution in [3.63, 3.8) is 0 Å². The van der Waals surface area contributed by atoms with Gasteiger partial charge in [-0.05, 0) is 36.8 Å². The summed E-state index contributed by atoms with van der Waals surface area (Å²) in [6.07, 6.45) is 1.08. The SMILES string of the molecule is CCc1ccc(CNc2cccc(C(=O)NC)c2)s1. The minimum absolute atomic E-state index is 0.0620. The van der Waals surface area contributed by atoms with Crippen molar-refractivity contribution in [1.82, 2.24) is 5.32 Å². The van der Waals surface area contributed by atoms with Gasteiger partial charge in [0.2, 0.25) is 0 Å². The van der Waals surface area contributed by atoms with Crippen molar-refractivity contribution in [1.29, 1.82) is 0 Å². The molecule has 0 saturated heterocycles. The van der Waals surface area contributed by atoms with Crippen molar-refractivity contribution < 1.29 is 4.79 Å². The molecule has 0 bridgehead atoms. The van der Waals surface area contributed by atoms with Gasteiger partial charge >= 0.3 is 0 Å². The van der Waals surface area contributed by atoms with Crippen LogP contribution in [-0.4, -0.2) is 13.0 Å². The van der Waals surface area contributed by atoms with Crippen LogP contribution in [0.25, 0.3) is 0 Å². The minimum atomic E-state index is -0.0620. The Morgan fingerprint density at radius 3 is 2.68 bits per heavy atom. The summed E-state index contributed by atoms with van der Waals surface area (Å²) in [4.78, 5) is 14.3. The topological polar surface area (TPSA) is 41.1 Å². The van der Waals surface area contributed by atoms with Crippen LogP contribution in [-0.2, 0) is 13.0 Å². The van der Waals surface area contributed by atoms with Crippen molar-refractivity contribution in [3.05, 3.63) is 51.7 Å². The van der Waals surface area contributed by atoms with E-state index < -0.39 is 0 Å². The molecule has 0 radical (unpaired) electrons. The van der Waals surface area contributed by atoms with Crippen molar-refractivity contribution in [2.75, 3.05) is 12.4 Å². The molecule has 2 aromatic rings. The Balaban J connectivity index is 2.01. The van der Waals surface area contributed by atoms with E-state index in [1.807, 2.05) is 35.6 Å². The smallest absolute Gasteiger partial charge is 0.251 e. The Labute approximate surface area is 117 Å². The molecule has 19 heavy (non-hydrogen) atoms. The second kappa shape index (κ2) is 6.38. The number of carbonyl (C=O) groups is 1. The van der Waals surface area contributed by atoms with Crippen molar-refractivity contribution >= 4 is 22.9 Å². The van der Waals surface area contributed by atoms with Crippen LogP contribution in [0, 0.1) is 0 Å². The van der Waals surface area contributed by atoms with Gasteiger partial charge in [0.1, 0.15) is 0 Å². The minimum Gasteiger partial charge on any atom is -0.380 e. The molecule has 0 unspecified atom stereocenters. The van der Waals surface area contributed by atoms with Gasteiger partial charge in [0.15, 0.2) is 0 Å². The molecule has 0 fully saturated rings. The predicted octanol–water partition coefficient (Wildman–Crippen LogP) is 3.28. The van der Waals surface area contributed by atoms with E-state index in [-0.39, 0.29) is 5.91 Å². The van der Waals surface area contributed by atoms with E-state index in [0.717, 1.165) is 18.7 Å². The zero-order chi connectivity index (χ0) is 13.7. The summed E-state index contributed by atoms with van der Waals surface area (Å²) in [7, 11) is 1.64. The molecule has 1 heterocycles. The second-order valence-electron chi connectivity index (χ2n) is 4.24. The van der Waals surface area contributed by atoms with Gasteiger partial charge in [-0.15, -0.1) is 11.3 Å². The van der Waals surface area contributed by atoms with Crippen LogP contribution in [0.15, 0.2) is 36.4 Å². The number of hydrogen-bond donors (Lipinski definition) is 2. The van der Waals surface area contributed by atoms with Crippen LogP contribution in [0.1, 0.15) is 27.0 Å². The molecule has 0 aliphatic rings. The van der Waals surface area contributed by atoms with Crippen LogP contribution in [0.3, 0.4) is 0 Å². The van der Waals surface area contributed by atoms with E-state index >= 15 is 0 Å². The van der Waals surface area contributed by atoms with Gasteiger partial charge in [-0.3, -0.25) is 4.79 Å². The standard InChI is InChI=1S/C15H18N2OS/c1-3-13-7-8-14(19-13)10-17-12-6-4-5-11(9-12)15(18)16-2/h4-9,17H,3,10H2,1-2H3,(H,16,18). The molecule has 1 amide bonds. The molecule has 0 aliphatic carbocycles. The van der Waals surface area contributed by atoms with Crippen LogP contribution >= 0.6 is 11.3 Å². The maximum Gasteiger partial charge on any atom is 0.251 e. The van der Waals surface area contributed by atoms with Gasteiger partial charge in [-0.1, -0.05) is 13.0 Å². The highest BCUT2D eigenvalue weighted by molar-refractivity contribution is 7.12. The first-order valence-corrected chi connectivity index (χ1v) is 7.18. The van der Waals surface area contributed by atoms with Gasteiger partial charge in [-0.2, -0.15) is 0 Å². The monoisotopic (exact) mass is 274 g/mol. The summed E-state index contributed by atoms with van der Waals surface area (Å²) in [5.41, 5.74) is 1.64. The van der Waals surface area contributed by atoms with Crippen molar-refractivity contribution in [2.45, 2.75) is 19.9 Å². The number of carbonyl (C=O) groups excluding carboxylic acids is 1. The van der Waals surface area contributed by atoms with E-state index in [1.54, 1.807) is 7.05 Å². The normalized spacial score (nSPS) is 10.2. The highest BCUT2D eigenvalue weighted by Crippen LogP contribution is 2.19. The van der Waals surface area contributed by atoms with E-state index in [9.17, 15) is 4.79 Å². The Morgan fingerprint density at radius 2 is 2.00 bits per heavy atom. The number of amides is 1. The lowest BCUT2D eigenvalue weighted by molar-refractivity contribution is 0.0963. The average molecular weight is 274 g/mol. The van der Waals surface area contributed by atoms with Gasteiger partial charge in [-0.25, -0.2) is 0 Å². The predicted molar refractivity (Wildman–Crippen MR) is 80.9 cm³/mol. The maximum absolute atomic E-state index is 11.5. The van der Waals surface area contributed by atoms with Gasteiger partial charge in [0.25, 0.3) is 5.91 Å². The Hall–Kier alpha value is -1.81. The van der Waals surface area contributed by atoms with Crippen LogP contribution in [0.5, 0.6) is 0 Å². The third kappa shape index (κ3) is 3.58. The lowest BCUT2D eigenvalue weighted by atomic mass is 10.2. The average Bonchev–Trinajstić information content (AvgIpc) is 2.92. The number of benzene rings is 1. The van der Waals surface area contributed by atoms with Crippen LogP contribution in [0.4, 0.5) is 5.69 Å². The summed E-state index contributed by atoms with van der Waals surface area (Å²) >= 11 is 1.83. The summed E-state index contributed by atoms with van der Waals surface area (Å²) < 4.78 is 0. The second-order valence-corrected chi connectivity index (χ2v) is 5.49. The highest BCUT2D eigenvalue weighted by Gasteiger charge is 2.04. The van der Waals surface area contributed by atoms with Crippen LogP contribution in [0.2, 0.25) is 0 Å². The number of thiophene rings is 1. The molecule has 0 aliphatic heterocycles. The Bertz CT molecular complexity index is 563. The molecule has 1 aromatic carbocycles. The van der Waals surface area contributed by atoms with E-state index in [4.69, 9.17) is 0 Å². The lowest BCUT2D eigenvalue weighted by Gasteiger charge is -2.06. The molecular weight excluding hydrogens is 256 g/mol. The zero-order valence-corrected chi connectivity index (χ0v) is 12.0. The quantitative estimate of drug-likeness (QED) is 0.878. The fourth-order valence-electron chi connectivity index (χ4n) is 1.81. The molecular formula is C15H18N2OS. The van der Waals surface area contributed by atoms with Crippen LogP contribution < -0.4 is 10.6 Å². The molecule has 1 aromatic heterocycles. The number of nitrogens with one attached hydrogen (secondary N) is 2. The number of aryl methyl sites for hydroxylation is 1. The molecule has 3 nitrogen and oxygen atoms in total. The summed E-state index contributed by atoms with van der Waals surface area (Å²) in [5.74, 6) is -0.0620. The molecule has 100 valence electrons. The zero-order valence-electron chi connectivity index (χ0n) is 11.2. The third-order valence-electron chi connectivity index (χ3n) is 2.88. The fraction of sp³-hybridized carbons (Fsp3) is 0.267. The molecule has 2 rings (SSSR count). The van der Waals surface area contributed by atoms with Crippen molar-refractivity contribution in [3.8, 4) is 0 Å². The largest absolute Gasteiger partial charge is 0.380 e. The fourth-order valence-corrected chi connectivity index (χ4v) is 2.71. The Kier molecular flexibility index (Phi) is 4.58. The Morgan fingerprint density at radius 1 is 1.21 bits per heavy atom. The molecule has 4 heteroatoms. The van der Waals surface area contributed by atoms with Crippen molar-refractivity contribution in [2.24, 2.45) is 0 Å². The maximum atomic E-state index is 11.5. The third-order valence-corrected chi connectivity index (χ3v) is 4.11. The highest BCUT2D eigenvalue weighted by atomic mass is 32.1. The van der Waals surface area contributed by atoms with Gasteiger partial charge in [0, 0.05) is 34.6 Å². The van der Waals surface area contributed by atoms with E-state index in [0.29, 0.717) is 5.56 Å². The number of anilines is 1. The van der Waals surface area contributed by atoms with Gasteiger partial charge < -0.3 is 10.6 Å². The number of rotatable bonds is 5. The number of hydrogen-bond acceptors (Lipinski definition) is 3. The molecule has 2 N–H and O–H groups in total. The van der Waals surface area contributed by atoms with E-state index in [1.165, 1.54) is 9.75 Å². The first kappa shape index (κ1) is 13.6. The molecule has 0 atom stereocenters. The molecule has 0 spiro atoms. The lowest BCUT2D eigenvalue weighted by Crippen LogP contribution is -2.17. The first-order valence-electron chi connectivity index (χ1n) is 6.36. The molecule has 0 saturated carbocycles.